The van der Waals surface area contributed by atoms with Crippen molar-refractivity contribution in [3.63, 3.8) is 0 Å². The maximum atomic E-state index is 11.7. The third-order valence-corrected chi connectivity index (χ3v) is 2.93. The highest BCUT2D eigenvalue weighted by molar-refractivity contribution is 5.98. The van der Waals surface area contributed by atoms with E-state index in [0.29, 0.717) is 23.5 Å². The average molecular weight is 274 g/mol. The number of nitrogens with one attached hydrogen (secondary N) is 1. The Hall–Kier alpha value is -2.50. The van der Waals surface area contributed by atoms with Crippen molar-refractivity contribution in [1.82, 2.24) is 9.78 Å². The van der Waals surface area contributed by atoms with Crippen LogP contribution in [0.2, 0.25) is 0 Å². The lowest BCUT2D eigenvalue weighted by Gasteiger charge is -2.13. The summed E-state index contributed by atoms with van der Waals surface area (Å²) >= 11 is 0. The Morgan fingerprint density at radius 2 is 2.30 bits per heavy atom. The molecule has 1 heterocycles. The van der Waals surface area contributed by atoms with Gasteiger partial charge in [-0.3, -0.25) is 4.68 Å². The van der Waals surface area contributed by atoms with Gasteiger partial charge in [-0.1, -0.05) is 6.07 Å². The Morgan fingerprint density at radius 3 is 3.00 bits per heavy atom. The van der Waals surface area contributed by atoms with Gasteiger partial charge < -0.3 is 15.8 Å². The predicted octanol–water partition coefficient (Wildman–Crippen LogP) is 1.75. The Bertz CT molecular complexity index is 567. The zero-order valence-corrected chi connectivity index (χ0v) is 11.4. The van der Waals surface area contributed by atoms with Crippen molar-refractivity contribution in [1.29, 1.82) is 0 Å². The number of carbonyl (C=O) groups excluding carboxylic acids is 1. The number of anilines is 2. The second kappa shape index (κ2) is 6.60. The van der Waals surface area contributed by atoms with Gasteiger partial charge >= 0.3 is 5.97 Å². The monoisotopic (exact) mass is 274 g/mol. The van der Waals surface area contributed by atoms with Crippen LogP contribution in [0.15, 0.2) is 36.7 Å². The van der Waals surface area contributed by atoms with E-state index in [4.69, 9.17) is 10.5 Å². The Balaban J connectivity index is 1.96. The lowest BCUT2D eigenvalue weighted by atomic mass is 10.1. The fraction of sp³-hybridized carbons (Fsp3) is 0.286. The fourth-order valence-electron chi connectivity index (χ4n) is 1.93. The molecule has 0 aliphatic carbocycles. The number of aromatic nitrogens is 2. The second-order valence-electron chi connectivity index (χ2n) is 4.31. The minimum Gasteiger partial charge on any atom is -0.465 e. The van der Waals surface area contributed by atoms with E-state index in [2.05, 4.69) is 10.4 Å². The highest BCUT2D eigenvalue weighted by Gasteiger charge is 2.13. The molecule has 0 saturated heterocycles. The maximum absolute atomic E-state index is 11.7. The standard InChI is InChI=1S/C14H18N4O2/c1-20-14(19)11-5-2-6-12(15)13(11)16-7-3-9-18-10-4-8-17-18/h2,4-6,8,10,16H,3,7,9,15H2,1H3. The van der Waals surface area contributed by atoms with Crippen LogP contribution in [0.1, 0.15) is 16.8 Å². The quantitative estimate of drug-likeness (QED) is 0.476. The van der Waals surface area contributed by atoms with E-state index in [0.717, 1.165) is 13.0 Å². The molecule has 20 heavy (non-hydrogen) atoms. The second-order valence-corrected chi connectivity index (χ2v) is 4.31. The highest BCUT2D eigenvalue weighted by Crippen LogP contribution is 2.24. The molecule has 0 spiro atoms. The summed E-state index contributed by atoms with van der Waals surface area (Å²) in [7, 11) is 1.35. The molecular weight excluding hydrogens is 256 g/mol. The number of esters is 1. The summed E-state index contributed by atoms with van der Waals surface area (Å²) in [6.45, 7) is 1.50. The van der Waals surface area contributed by atoms with Crippen LogP contribution in [0, 0.1) is 0 Å². The van der Waals surface area contributed by atoms with Crippen LogP contribution in [-0.2, 0) is 11.3 Å². The molecule has 3 N–H and O–H groups in total. The van der Waals surface area contributed by atoms with Crippen molar-refractivity contribution in [3.8, 4) is 0 Å². The third kappa shape index (κ3) is 3.28. The van der Waals surface area contributed by atoms with Crippen molar-refractivity contribution in [2.24, 2.45) is 0 Å². The number of nitrogen functional groups attached to an aromatic ring is 1. The Morgan fingerprint density at radius 1 is 1.45 bits per heavy atom. The number of para-hydroxylation sites is 1. The summed E-state index contributed by atoms with van der Waals surface area (Å²) in [6, 6.07) is 7.06. The topological polar surface area (TPSA) is 82.2 Å². The molecule has 6 heteroatoms. The van der Waals surface area contributed by atoms with Gasteiger partial charge in [-0.05, 0) is 24.6 Å². The van der Waals surface area contributed by atoms with Crippen LogP contribution in [0.25, 0.3) is 0 Å². The SMILES string of the molecule is COC(=O)c1cccc(N)c1NCCCn1cccn1. The summed E-state index contributed by atoms with van der Waals surface area (Å²) in [5.41, 5.74) is 7.51. The molecule has 0 saturated carbocycles. The molecule has 0 bridgehead atoms. The van der Waals surface area contributed by atoms with Gasteiger partial charge in [0.15, 0.2) is 0 Å². The van der Waals surface area contributed by atoms with Gasteiger partial charge in [-0.15, -0.1) is 0 Å². The number of ether oxygens (including phenoxy) is 1. The van der Waals surface area contributed by atoms with Crippen LogP contribution in [-0.4, -0.2) is 29.4 Å². The summed E-state index contributed by atoms with van der Waals surface area (Å²) in [5.74, 6) is -0.396. The summed E-state index contributed by atoms with van der Waals surface area (Å²) in [5, 5.41) is 7.32. The van der Waals surface area contributed by atoms with Crippen LogP contribution in [0.3, 0.4) is 0 Å². The Kier molecular flexibility index (Phi) is 4.60. The smallest absolute Gasteiger partial charge is 0.340 e. The number of benzene rings is 1. The number of hydrogen-bond acceptors (Lipinski definition) is 5. The fourth-order valence-corrected chi connectivity index (χ4v) is 1.93. The number of carbonyl (C=O) groups is 1. The minimum absolute atomic E-state index is 0.396. The molecule has 106 valence electrons. The van der Waals surface area contributed by atoms with Gasteiger partial charge in [0.1, 0.15) is 0 Å². The molecule has 0 atom stereocenters. The van der Waals surface area contributed by atoms with E-state index in [1.165, 1.54) is 7.11 Å². The normalized spacial score (nSPS) is 10.2. The van der Waals surface area contributed by atoms with Crippen molar-refractivity contribution >= 4 is 17.3 Å². The molecule has 2 rings (SSSR count). The van der Waals surface area contributed by atoms with E-state index in [1.807, 2.05) is 16.9 Å². The van der Waals surface area contributed by atoms with Crippen molar-refractivity contribution in [3.05, 3.63) is 42.2 Å². The highest BCUT2D eigenvalue weighted by atomic mass is 16.5. The Labute approximate surface area is 117 Å². The van der Waals surface area contributed by atoms with Crippen molar-refractivity contribution < 1.29 is 9.53 Å². The van der Waals surface area contributed by atoms with E-state index in [9.17, 15) is 4.79 Å². The maximum Gasteiger partial charge on any atom is 0.340 e. The van der Waals surface area contributed by atoms with Crippen LogP contribution < -0.4 is 11.1 Å². The van der Waals surface area contributed by atoms with Crippen molar-refractivity contribution in [2.75, 3.05) is 24.7 Å². The van der Waals surface area contributed by atoms with E-state index in [-0.39, 0.29) is 0 Å². The van der Waals surface area contributed by atoms with Gasteiger partial charge in [0.2, 0.25) is 0 Å². The van der Waals surface area contributed by atoms with E-state index >= 15 is 0 Å². The first kappa shape index (κ1) is 13.9. The van der Waals surface area contributed by atoms with Gasteiger partial charge in [-0.25, -0.2) is 4.79 Å². The number of methoxy groups -OCH3 is 1. The predicted molar refractivity (Wildman–Crippen MR) is 77.5 cm³/mol. The van der Waals surface area contributed by atoms with Crippen molar-refractivity contribution in [2.45, 2.75) is 13.0 Å². The third-order valence-electron chi connectivity index (χ3n) is 2.93. The largest absolute Gasteiger partial charge is 0.465 e. The first-order valence-corrected chi connectivity index (χ1v) is 6.40. The molecular formula is C14H18N4O2. The first-order chi connectivity index (χ1) is 9.72. The molecule has 2 aromatic rings. The molecule has 0 aliphatic rings. The van der Waals surface area contributed by atoms with Crippen LogP contribution >= 0.6 is 0 Å². The zero-order chi connectivity index (χ0) is 14.4. The molecule has 0 aliphatic heterocycles. The lowest BCUT2D eigenvalue weighted by Crippen LogP contribution is -2.13. The molecule has 0 amide bonds. The van der Waals surface area contributed by atoms with Gasteiger partial charge in [0.25, 0.3) is 0 Å². The molecule has 0 radical (unpaired) electrons. The number of hydrogen-bond donors (Lipinski definition) is 2. The van der Waals surface area contributed by atoms with Gasteiger partial charge in [0.05, 0.1) is 24.0 Å². The number of rotatable bonds is 6. The number of nitrogens with zero attached hydrogens (tertiary/aromatic N) is 2. The molecule has 1 aromatic carbocycles. The van der Waals surface area contributed by atoms with E-state index < -0.39 is 5.97 Å². The average Bonchev–Trinajstić information content (AvgIpc) is 2.97. The van der Waals surface area contributed by atoms with Crippen LogP contribution in [0.5, 0.6) is 0 Å². The van der Waals surface area contributed by atoms with Gasteiger partial charge in [0, 0.05) is 25.5 Å². The summed E-state index contributed by atoms with van der Waals surface area (Å²) < 4.78 is 6.61. The molecule has 0 fully saturated rings. The molecule has 1 aromatic heterocycles. The number of aryl methyl sites for hydroxylation is 1. The molecule has 0 unspecified atom stereocenters. The van der Waals surface area contributed by atoms with E-state index in [1.54, 1.807) is 24.4 Å². The minimum atomic E-state index is -0.396. The summed E-state index contributed by atoms with van der Waals surface area (Å²) in [4.78, 5) is 11.7. The molecule has 6 nitrogen and oxygen atoms in total. The summed E-state index contributed by atoms with van der Waals surface area (Å²) in [6.07, 6.45) is 4.53. The first-order valence-electron chi connectivity index (χ1n) is 6.40. The lowest BCUT2D eigenvalue weighted by molar-refractivity contribution is 0.0602. The van der Waals surface area contributed by atoms with Crippen LogP contribution in [0.4, 0.5) is 11.4 Å². The number of nitrogens with two attached hydrogens (primary N) is 1. The zero-order valence-electron chi connectivity index (χ0n) is 11.4. The van der Waals surface area contributed by atoms with Gasteiger partial charge in [-0.2, -0.15) is 5.10 Å².